The van der Waals surface area contributed by atoms with Crippen LogP contribution >= 0.6 is 27.5 Å². The highest BCUT2D eigenvalue weighted by Crippen LogP contribution is 2.27. The maximum atomic E-state index is 6.19. The Hall–Kier alpha value is -0.0100. The van der Waals surface area contributed by atoms with Gasteiger partial charge in [-0.25, -0.2) is 0 Å². The lowest BCUT2D eigenvalue weighted by Crippen LogP contribution is -2.13. The molecule has 1 aromatic carbocycles. The smallest absolute Gasteiger partial charge is 0.0255 e. The van der Waals surface area contributed by atoms with Crippen molar-refractivity contribution in [2.75, 3.05) is 5.88 Å². The average molecular weight is 346 g/mol. The van der Waals surface area contributed by atoms with E-state index in [1.807, 2.05) is 0 Å². The summed E-state index contributed by atoms with van der Waals surface area (Å²) in [6, 6.07) is 8.50. The second-order valence-corrected chi connectivity index (χ2v) is 6.63. The first-order chi connectivity index (χ1) is 9.21. The van der Waals surface area contributed by atoms with Crippen LogP contribution in [0.4, 0.5) is 0 Å². The first kappa shape index (κ1) is 17.0. The molecule has 0 radical (unpaired) electrons. The Labute approximate surface area is 132 Å². The Morgan fingerprint density at radius 3 is 2.47 bits per heavy atom. The van der Waals surface area contributed by atoms with Crippen LogP contribution in [-0.2, 0) is 6.42 Å². The average Bonchev–Trinajstić information content (AvgIpc) is 2.44. The molecule has 0 N–H and O–H groups in total. The molecule has 0 amide bonds. The maximum absolute atomic E-state index is 6.19. The van der Waals surface area contributed by atoms with Crippen LogP contribution in [0.5, 0.6) is 0 Å². The first-order valence-electron chi connectivity index (χ1n) is 7.50. The lowest BCUT2D eigenvalue weighted by molar-refractivity contribution is 0.353. The molecule has 108 valence electrons. The van der Waals surface area contributed by atoms with Crippen molar-refractivity contribution in [3.63, 3.8) is 0 Å². The van der Waals surface area contributed by atoms with Gasteiger partial charge in [0.05, 0.1) is 0 Å². The van der Waals surface area contributed by atoms with E-state index < -0.39 is 0 Å². The topological polar surface area (TPSA) is 0 Å². The van der Waals surface area contributed by atoms with E-state index in [4.69, 9.17) is 11.6 Å². The Morgan fingerprint density at radius 1 is 1.16 bits per heavy atom. The van der Waals surface area contributed by atoms with Crippen LogP contribution in [0.3, 0.4) is 0 Å². The van der Waals surface area contributed by atoms with E-state index in [9.17, 15) is 0 Å². The van der Waals surface area contributed by atoms with Crippen LogP contribution in [0.2, 0.25) is 0 Å². The lowest BCUT2D eigenvalue weighted by atomic mass is 9.86. The second kappa shape index (κ2) is 9.83. The summed E-state index contributed by atoms with van der Waals surface area (Å²) in [4.78, 5) is 0. The highest BCUT2D eigenvalue weighted by atomic mass is 79.9. The summed E-state index contributed by atoms with van der Waals surface area (Å²) < 4.78 is 1.21. The quantitative estimate of drug-likeness (QED) is 0.451. The Balaban J connectivity index is 2.55. The van der Waals surface area contributed by atoms with Gasteiger partial charge in [-0.15, -0.1) is 11.6 Å². The third-order valence-corrected chi connectivity index (χ3v) is 5.10. The van der Waals surface area contributed by atoms with Crippen molar-refractivity contribution in [3.8, 4) is 0 Å². The Bertz CT molecular complexity index is 351. The van der Waals surface area contributed by atoms with Gasteiger partial charge < -0.3 is 0 Å². The number of hydrogen-bond acceptors (Lipinski definition) is 0. The minimum absolute atomic E-state index is 0.599. The molecule has 19 heavy (non-hydrogen) atoms. The summed E-state index contributed by atoms with van der Waals surface area (Å²) in [5.74, 6) is 2.21. The van der Waals surface area contributed by atoms with E-state index in [1.54, 1.807) is 0 Å². The highest BCUT2D eigenvalue weighted by Gasteiger charge is 2.16. The normalized spacial score (nSPS) is 14.3. The van der Waals surface area contributed by atoms with Crippen molar-refractivity contribution in [1.82, 2.24) is 0 Å². The maximum Gasteiger partial charge on any atom is 0.0255 e. The van der Waals surface area contributed by atoms with Gasteiger partial charge in [-0.1, -0.05) is 73.7 Å². The molecular formula is C17H26BrCl. The monoisotopic (exact) mass is 344 g/mol. The van der Waals surface area contributed by atoms with Crippen LogP contribution < -0.4 is 0 Å². The Morgan fingerprint density at radius 2 is 1.89 bits per heavy atom. The SMILES string of the molecule is CCCCC(CC)CC(CCl)Cc1ccccc1Br. The van der Waals surface area contributed by atoms with Gasteiger partial charge in [0, 0.05) is 10.4 Å². The standard InChI is InChI=1S/C17H26BrCl/c1-3-5-8-14(4-2)11-15(13-19)12-16-9-6-7-10-17(16)18/h6-7,9-10,14-15H,3-5,8,11-13H2,1-2H3. The third-order valence-electron chi connectivity index (χ3n) is 3.89. The van der Waals surface area contributed by atoms with E-state index in [2.05, 4.69) is 54.0 Å². The van der Waals surface area contributed by atoms with Crippen molar-refractivity contribution in [3.05, 3.63) is 34.3 Å². The molecule has 0 aromatic heterocycles. The third kappa shape index (κ3) is 6.31. The molecule has 0 aliphatic heterocycles. The van der Waals surface area contributed by atoms with E-state index in [0.717, 1.165) is 18.2 Å². The van der Waals surface area contributed by atoms with E-state index >= 15 is 0 Å². The molecule has 1 aromatic rings. The van der Waals surface area contributed by atoms with Crippen LogP contribution in [0.25, 0.3) is 0 Å². The van der Waals surface area contributed by atoms with Gasteiger partial charge in [0.25, 0.3) is 0 Å². The van der Waals surface area contributed by atoms with E-state index in [1.165, 1.54) is 42.1 Å². The summed E-state index contributed by atoms with van der Waals surface area (Å²) in [7, 11) is 0. The number of unbranched alkanes of at least 4 members (excludes halogenated alkanes) is 1. The van der Waals surface area contributed by atoms with Crippen molar-refractivity contribution in [2.24, 2.45) is 11.8 Å². The number of benzene rings is 1. The minimum Gasteiger partial charge on any atom is -0.126 e. The molecule has 0 aliphatic rings. The summed E-state index contributed by atoms with van der Waals surface area (Å²) >= 11 is 9.83. The van der Waals surface area contributed by atoms with Crippen LogP contribution in [-0.4, -0.2) is 5.88 Å². The second-order valence-electron chi connectivity index (χ2n) is 5.47. The zero-order valence-electron chi connectivity index (χ0n) is 12.2. The van der Waals surface area contributed by atoms with Crippen molar-refractivity contribution < 1.29 is 0 Å². The molecule has 0 fully saturated rings. The molecule has 2 heteroatoms. The fraction of sp³-hybridized carbons (Fsp3) is 0.647. The fourth-order valence-corrected chi connectivity index (χ4v) is 3.31. The number of hydrogen-bond donors (Lipinski definition) is 0. The molecule has 2 atom stereocenters. The summed E-state index contributed by atoms with van der Waals surface area (Å²) in [6.45, 7) is 4.58. The molecule has 0 nitrogen and oxygen atoms in total. The molecule has 0 saturated carbocycles. The molecular weight excluding hydrogens is 320 g/mol. The number of rotatable bonds is 9. The molecule has 0 saturated heterocycles. The molecule has 0 heterocycles. The van der Waals surface area contributed by atoms with Gasteiger partial charge in [0.1, 0.15) is 0 Å². The summed E-state index contributed by atoms with van der Waals surface area (Å²) in [6.07, 6.45) is 7.64. The van der Waals surface area contributed by atoms with Gasteiger partial charge in [-0.3, -0.25) is 0 Å². The van der Waals surface area contributed by atoms with Gasteiger partial charge in [-0.2, -0.15) is 0 Å². The van der Waals surface area contributed by atoms with Gasteiger partial charge in [0.15, 0.2) is 0 Å². The lowest BCUT2D eigenvalue weighted by Gasteiger charge is -2.21. The molecule has 2 unspecified atom stereocenters. The summed E-state index contributed by atoms with van der Waals surface area (Å²) in [5, 5.41) is 0. The number of alkyl halides is 1. The largest absolute Gasteiger partial charge is 0.126 e. The Kier molecular flexibility index (Phi) is 8.81. The van der Waals surface area contributed by atoms with E-state index in [-0.39, 0.29) is 0 Å². The minimum atomic E-state index is 0.599. The van der Waals surface area contributed by atoms with Crippen LogP contribution in [0.1, 0.15) is 51.5 Å². The number of halogens is 2. The van der Waals surface area contributed by atoms with Crippen molar-refractivity contribution in [1.29, 1.82) is 0 Å². The zero-order valence-corrected chi connectivity index (χ0v) is 14.5. The molecule has 0 aliphatic carbocycles. The molecule has 0 bridgehead atoms. The van der Waals surface area contributed by atoms with Crippen LogP contribution in [0, 0.1) is 11.8 Å². The fourth-order valence-electron chi connectivity index (χ4n) is 2.63. The van der Waals surface area contributed by atoms with Crippen molar-refractivity contribution in [2.45, 2.75) is 52.4 Å². The predicted octanol–water partition coefficient (Wildman–Crippen LogP) is 6.45. The van der Waals surface area contributed by atoms with Gasteiger partial charge in [0.2, 0.25) is 0 Å². The van der Waals surface area contributed by atoms with Crippen LogP contribution in [0.15, 0.2) is 28.7 Å². The molecule has 0 spiro atoms. The highest BCUT2D eigenvalue weighted by molar-refractivity contribution is 9.10. The summed E-state index contributed by atoms with van der Waals surface area (Å²) in [5.41, 5.74) is 1.39. The van der Waals surface area contributed by atoms with Gasteiger partial charge >= 0.3 is 0 Å². The van der Waals surface area contributed by atoms with E-state index in [0.29, 0.717) is 5.92 Å². The molecule has 1 rings (SSSR count). The zero-order chi connectivity index (χ0) is 14.1. The predicted molar refractivity (Wildman–Crippen MR) is 90.0 cm³/mol. The van der Waals surface area contributed by atoms with Crippen molar-refractivity contribution >= 4 is 27.5 Å². The first-order valence-corrected chi connectivity index (χ1v) is 8.83. The van der Waals surface area contributed by atoms with Gasteiger partial charge in [-0.05, 0) is 36.3 Å².